The molecule has 0 spiro atoms. The topological polar surface area (TPSA) is 12.5 Å². The van der Waals surface area contributed by atoms with Crippen molar-refractivity contribution in [2.45, 2.75) is 59.7 Å². The van der Waals surface area contributed by atoms with Gasteiger partial charge in [-0.1, -0.05) is 34.6 Å². The fourth-order valence-electron chi connectivity index (χ4n) is 2.40. The average molecular weight is 184 g/mol. The third-order valence-corrected chi connectivity index (χ3v) is 3.33. The van der Waals surface area contributed by atoms with Crippen LogP contribution in [-0.4, -0.2) is 12.2 Å². The highest BCUT2D eigenvalue weighted by Crippen LogP contribution is 2.45. The Bertz CT molecular complexity index is 153. The van der Waals surface area contributed by atoms with Gasteiger partial charge < -0.3 is 4.74 Å². The second-order valence-corrected chi connectivity index (χ2v) is 4.59. The smallest absolute Gasteiger partial charge is 0.0867 e. The van der Waals surface area contributed by atoms with Gasteiger partial charge in [-0.2, -0.15) is 0 Å². The molecule has 0 aromatic heterocycles. The van der Waals surface area contributed by atoms with Crippen LogP contribution in [0.3, 0.4) is 0 Å². The standard InChI is InChI=1S/C10H18O.C2H6/c1-6(2)8-4-7(3)10-9(5-8)11-10;1-2/h6-10H,4-5H2,1-3H3;1-2H3. The van der Waals surface area contributed by atoms with Gasteiger partial charge in [-0.05, 0) is 30.6 Å². The molecular weight excluding hydrogens is 160 g/mol. The minimum absolute atomic E-state index is 0.644. The van der Waals surface area contributed by atoms with E-state index in [4.69, 9.17) is 4.74 Å². The second-order valence-electron chi connectivity index (χ2n) is 4.59. The Hall–Kier alpha value is -0.0400. The van der Waals surface area contributed by atoms with Gasteiger partial charge in [0.1, 0.15) is 0 Å². The molecule has 1 heterocycles. The SMILES string of the molecule is CC.CC(C)C1CC(C)C2OC2C1. The van der Waals surface area contributed by atoms with E-state index in [2.05, 4.69) is 20.8 Å². The van der Waals surface area contributed by atoms with Gasteiger partial charge in [0.15, 0.2) is 0 Å². The van der Waals surface area contributed by atoms with Gasteiger partial charge in [-0.25, -0.2) is 0 Å². The summed E-state index contributed by atoms with van der Waals surface area (Å²) < 4.78 is 5.57. The summed E-state index contributed by atoms with van der Waals surface area (Å²) in [6.45, 7) is 11.0. The first-order valence-electron chi connectivity index (χ1n) is 5.84. The Morgan fingerprint density at radius 3 is 2.23 bits per heavy atom. The van der Waals surface area contributed by atoms with Gasteiger partial charge in [0, 0.05) is 0 Å². The number of rotatable bonds is 1. The number of ether oxygens (including phenoxy) is 1. The predicted octanol–water partition coefficient (Wildman–Crippen LogP) is 3.48. The van der Waals surface area contributed by atoms with Crippen LogP contribution in [0.25, 0.3) is 0 Å². The first-order chi connectivity index (χ1) is 6.18. The maximum atomic E-state index is 5.57. The minimum Gasteiger partial charge on any atom is -0.369 e. The highest BCUT2D eigenvalue weighted by atomic mass is 16.6. The van der Waals surface area contributed by atoms with Crippen molar-refractivity contribution >= 4 is 0 Å². The Labute approximate surface area is 82.9 Å². The maximum Gasteiger partial charge on any atom is 0.0867 e. The quantitative estimate of drug-likeness (QED) is 0.568. The molecule has 13 heavy (non-hydrogen) atoms. The molecule has 1 nitrogen and oxygen atoms in total. The van der Waals surface area contributed by atoms with E-state index in [1.54, 1.807) is 0 Å². The van der Waals surface area contributed by atoms with Crippen LogP contribution in [0.1, 0.15) is 47.5 Å². The third kappa shape index (κ3) is 2.46. The summed E-state index contributed by atoms with van der Waals surface area (Å²) in [6.07, 6.45) is 4.00. The molecule has 78 valence electrons. The van der Waals surface area contributed by atoms with Gasteiger partial charge in [-0.3, -0.25) is 0 Å². The molecule has 0 N–H and O–H groups in total. The molecular formula is C12H24O. The summed E-state index contributed by atoms with van der Waals surface area (Å²) in [4.78, 5) is 0. The van der Waals surface area contributed by atoms with E-state index in [0.29, 0.717) is 12.2 Å². The van der Waals surface area contributed by atoms with E-state index in [1.807, 2.05) is 13.8 Å². The van der Waals surface area contributed by atoms with Crippen LogP contribution in [0.15, 0.2) is 0 Å². The van der Waals surface area contributed by atoms with Crippen LogP contribution in [0, 0.1) is 17.8 Å². The maximum absolute atomic E-state index is 5.57. The summed E-state index contributed by atoms with van der Waals surface area (Å²) in [7, 11) is 0. The van der Waals surface area contributed by atoms with Crippen molar-refractivity contribution < 1.29 is 4.74 Å². The molecule has 4 atom stereocenters. The van der Waals surface area contributed by atoms with E-state index in [9.17, 15) is 0 Å². The zero-order valence-electron chi connectivity index (χ0n) is 9.71. The van der Waals surface area contributed by atoms with E-state index in [1.165, 1.54) is 12.8 Å². The predicted molar refractivity (Wildman–Crippen MR) is 56.7 cm³/mol. The van der Waals surface area contributed by atoms with Crippen molar-refractivity contribution in [1.29, 1.82) is 0 Å². The van der Waals surface area contributed by atoms with E-state index in [-0.39, 0.29) is 0 Å². The molecule has 0 amide bonds. The van der Waals surface area contributed by atoms with Crippen LogP contribution in [0.2, 0.25) is 0 Å². The lowest BCUT2D eigenvalue weighted by atomic mass is 9.77. The molecule has 0 aromatic carbocycles. The number of fused-ring (bicyclic) bond motifs is 1. The molecule has 2 rings (SSSR count). The molecule has 1 aliphatic carbocycles. The molecule has 2 fully saturated rings. The van der Waals surface area contributed by atoms with Gasteiger partial charge in [0.2, 0.25) is 0 Å². The summed E-state index contributed by atoms with van der Waals surface area (Å²) >= 11 is 0. The van der Waals surface area contributed by atoms with Crippen LogP contribution < -0.4 is 0 Å². The van der Waals surface area contributed by atoms with Gasteiger partial charge in [-0.15, -0.1) is 0 Å². The van der Waals surface area contributed by atoms with Crippen LogP contribution in [-0.2, 0) is 4.74 Å². The zero-order valence-corrected chi connectivity index (χ0v) is 9.71. The Morgan fingerprint density at radius 1 is 1.15 bits per heavy atom. The van der Waals surface area contributed by atoms with E-state index < -0.39 is 0 Å². The number of epoxide rings is 1. The molecule has 0 bridgehead atoms. The van der Waals surface area contributed by atoms with Crippen molar-refractivity contribution in [2.75, 3.05) is 0 Å². The lowest BCUT2D eigenvalue weighted by molar-refractivity contribution is 0.255. The number of hydrogen-bond donors (Lipinski definition) is 0. The normalized spacial score (nSPS) is 42.0. The van der Waals surface area contributed by atoms with Crippen molar-refractivity contribution in [3.05, 3.63) is 0 Å². The summed E-state index contributed by atoms with van der Waals surface area (Å²) in [5.74, 6) is 2.59. The first-order valence-corrected chi connectivity index (χ1v) is 5.84. The highest BCUT2D eigenvalue weighted by molar-refractivity contribution is 4.96. The first kappa shape index (κ1) is 11.0. The van der Waals surface area contributed by atoms with Gasteiger partial charge in [0.25, 0.3) is 0 Å². The van der Waals surface area contributed by atoms with Crippen molar-refractivity contribution in [3.8, 4) is 0 Å². The minimum atomic E-state index is 0.644. The van der Waals surface area contributed by atoms with Crippen LogP contribution in [0.4, 0.5) is 0 Å². The largest absolute Gasteiger partial charge is 0.369 e. The molecule has 2 aliphatic rings. The fourth-order valence-corrected chi connectivity index (χ4v) is 2.40. The number of hydrogen-bond acceptors (Lipinski definition) is 1. The van der Waals surface area contributed by atoms with E-state index >= 15 is 0 Å². The monoisotopic (exact) mass is 184 g/mol. The Balaban J connectivity index is 0.000000396. The van der Waals surface area contributed by atoms with Gasteiger partial charge in [0.05, 0.1) is 12.2 Å². The van der Waals surface area contributed by atoms with E-state index in [0.717, 1.165) is 17.8 Å². The summed E-state index contributed by atoms with van der Waals surface area (Å²) in [5.41, 5.74) is 0. The summed E-state index contributed by atoms with van der Waals surface area (Å²) in [6, 6.07) is 0. The van der Waals surface area contributed by atoms with Gasteiger partial charge >= 0.3 is 0 Å². The van der Waals surface area contributed by atoms with Crippen molar-refractivity contribution in [1.82, 2.24) is 0 Å². The second kappa shape index (κ2) is 4.45. The van der Waals surface area contributed by atoms with Crippen molar-refractivity contribution in [2.24, 2.45) is 17.8 Å². The molecule has 1 heteroatoms. The molecule has 1 aliphatic heterocycles. The van der Waals surface area contributed by atoms with Crippen LogP contribution >= 0.6 is 0 Å². The zero-order chi connectivity index (χ0) is 10.0. The average Bonchev–Trinajstić information content (AvgIpc) is 2.87. The highest BCUT2D eigenvalue weighted by Gasteiger charge is 2.48. The summed E-state index contributed by atoms with van der Waals surface area (Å²) in [5, 5.41) is 0. The molecule has 4 unspecified atom stereocenters. The lowest BCUT2D eigenvalue weighted by Crippen LogP contribution is -2.24. The molecule has 0 radical (unpaired) electrons. The third-order valence-electron chi connectivity index (χ3n) is 3.33. The molecule has 1 saturated carbocycles. The molecule has 0 aromatic rings. The Morgan fingerprint density at radius 2 is 1.77 bits per heavy atom. The lowest BCUT2D eigenvalue weighted by Gasteiger charge is -2.26. The van der Waals surface area contributed by atoms with Crippen molar-refractivity contribution in [3.63, 3.8) is 0 Å². The molecule has 1 saturated heterocycles. The van der Waals surface area contributed by atoms with Crippen LogP contribution in [0.5, 0.6) is 0 Å². The fraction of sp³-hybridized carbons (Fsp3) is 1.00. The Kier molecular flexibility index (Phi) is 3.78.